The number of nitrogens with one attached hydrogen (secondary N) is 3. The molecule has 2 aromatic carbocycles. The van der Waals surface area contributed by atoms with E-state index < -0.39 is 26.1 Å². The standard InChI is InChI=1S/C20H27N3O7S2/c1-3-4-13-21-20(24)23-32(27,28)18-9-5-16(6-10-18)22-31(25,26)19-11-7-17(8-12-19)30-15-14-29-2/h5-12,22H,3-4,13-15H2,1-2H3,(H2,21,23,24). The van der Waals surface area contributed by atoms with Gasteiger partial charge in [0.2, 0.25) is 0 Å². The predicted octanol–water partition coefficient (Wildman–Crippen LogP) is 2.30. The third kappa shape index (κ3) is 7.70. The molecule has 0 bridgehead atoms. The number of rotatable bonds is 12. The van der Waals surface area contributed by atoms with Crippen molar-refractivity contribution < 1.29 is 31.1 Å². The summed E-state index contributed by atoms with van der Waals surface area (Å²) in [4.78, 5) is 11.5. The van der Waals surface area contributed by atoms with Crippen LogP contribution in [0.5, 0.6) is 5.75 Å². The average molecular weight is 486 g/mol. The predicted molar refractivity (Wildman–Crippen MR) is 120 cm³/mol. The van der Waals surface area contributed by atoms with Gasteiger partial charge >= 0.3 is 6.03 Å². The van der Waals surface area contributed by atoms with Gasteiger partial charge in [-0.3, -0.25) is 4.72 Å². The number of ether oxygens (including phenoxy) is 2. The van der Waals surface area contributed by atoms with Gasteiger partial charge in [0, 0.05) is 19.3 Å². The van der Waals surface area contributed by atoms with Gasteiger partial charge in [0.25, 0.3) is 20.0 Å². The Kier molecular flexibility index (Phi) is 9.29. The minimum absolute atomic E-state index is 0.0127. The monoisotopic (exact) mass is 485 g/mol. The lowest BCUT2D eigenvalue weighted by Crippen LogP contribution is -2.39. The number of carbonyl (C=O) groups is 1. The zero-order valence-electron chi connectivity index (χ0n) is 17.8. The molecule has 0 radical (unpaired) electrons. The molecule has 0 unspecified atom stereocenters. The van der Waals surface area contributed by atoms with E-state index in [0.29, 0.717) is 25.5 Å². The Hall–Kier alpha value is -2.83. The van der Waals surface area contributed by atoms with Crippen molar-refractivity contribution in [1.29, 1.82) is 0 Å². The number of sulfonamides is 2. The second-order valence-corrected chi connectivity index (χ2v) is 10.0. The zero-order valence-corrected chi connectivity index (χ0v) is 19.5. The molecule has 0 atom stereocenters. The number of benzene rings is 2. The van der Waals surface area contributed by atoms with Crippen LogP contribution >= 0.6 is 0 Å². The SMILES string of the molecule is CCCCNC(=O)NS(=O)(=O)c1ccc(NS(=O)(=O)c2ccc(OCCOC)cc2)cc1. The topological polar surface area (TPSA) is 140 Å². The molecule has 2 amide bonds. The molecule has 0 heterocycles. The Balaban J connectivity index is 2.02. The molecule has 3 N–H and O–H groups in total. The minimum atomic E-state index is -4.09. The lowest BCUT2D eigenvalue weighted by Gasteiger charge is -2.11. The van der Waals surface area contributed by atoms with E-state index in [4.69, 9.17) is 9.47 Å². The summed E-state index contributed by atoms with van der Waals surface area (Å²) < 4.78 is 64.3. The summed E-state index contributed by atoms with van der Waals surface area (Å²) in [7, 11) is -6.43. The number of anilines is 1. The van der Waals surface area contributed by atoms with Gasteiger partial charge in [-0.1, -0.05) is 13.3 Å². The zero-order chi connectivity index (χ0) is 23.6. The highest BCUT2D eigenvalue weighted by atomic mass is 32.2. The first kappa shape index (κ1) is 25.4. The molecule has 0 aromatic heterocycles. The molecule has 32 heavy (non-hydrogen) atoms. The van der Waals surface area contributed by atoms with Crippen LogP contribution in [0.2, 0.25) is 0 Å². The summed E-state index contributed by atoms with van der Waals surface area (Å²) in [6.07, 6.45) is 1.59. The highest BCUT2D eigenvalue weighted by molar-refractivity contribution is 7.92. The van der Waals surface area contributed by atoms with E-state index in [0.717, 1.165) is 12.8 Å². The van der Waals surface area contributed by atoms with Crippen LogP contribution in [0, 0.1) is 0 Å². The van der Waals surface area contributed by atoms with E-state index in [1.807, 2.05) is 11.6 Å². The largest absolute Gasteiger partial charge is 0.491 e. The number of hydrogen-bond acceptors (Lipinski definition) is 7. The van der Waals surface area contributed by atoms with Crippen LogP contribution in [0.15, 0.2) is 58.3 Å². The van der Waals surface area contributed by atoms with Crippen LogP contribution in [-0.2, 0) is 24.8 Å². The second kappa shape index (κ2) is 11.7. The van der Waals surface area contributed by atoms with Crippen molar-refractivity contribution >= 4 is 31.8 Å². The molecule has 10 nitrogen and oxygen atoms in total. The third-order valence-corrected chi connectivity index (χ3v) is 6.89. The number of amides is 2. The summed E-state index contributed by atoms with van der Waals surface area (Å²) >= 11 is 0. The minimum Gasteiger partial charge on any atom is -0.491 e. The summed E-state index contributed by atoms with van der Waals surface area (Å²) in [5.41, 5.74) is 0.164. The van der Waals surface area contributed by atoms with Crippen molar-refractivity contribution in [2.45, 2.75) is 29.6 Å². The van der Waals surface area contributed by atoms with Crippen molar-refractivity contribution in [3.8, 4) is 5.75 Å². The maximum atomic E-state index is 12.6. The van der Waals surface area contributed by atoms with Gasteiger partial charge in [-0.15, -0.1) is 0 Å². The Morgan fingerprint density at radius 2 is 1.47 bits per heavy atom. The smallest absolute Gasteiger partial charge is 0.328 e. The lowest BCUT2D eigenvalue weighted by molar-refractivity contribution is 0.146. The highest BCUT2D eigenvalue weighted by Crippen LogP contribution is 2.20. The molecular formula is C20H27N3O7S2. The van der Waals surface area contributed by atoms with E-state index in [1.54, 1.807) is 7.11 Å². The first-order valence-electron chi connectivity index (χ1n) is 9.83. The van der Waals surface area contributed by atoms with Crippen molar-refractivity contribution in [1.82, 2.24) is 10.0 Å². The van der Waals surface area contributed by atoms with Gasteiger partial charge in [-0.2, -0.15) is 0 Å². The molecule has 0 fully saturated rings. The fourth-order valence-electron chi connectivity index (χ4n) is 2.47. The maximum absolute atomic E-state index is 12.6. The molecule has 0 aliphatic carbocycles. The van der Waals surface area contributed by atoms with Crippen LogP contribution < -0.4 is 19.5 Å². The van der Waals surface area contributed by atoms with E-state index in [-0.39, 0.29) is 15.5 Å². The average Bonchev–Trinajstić information content (AvgIpc) is 2.74. The van der Waals surface area contributed by atoms with E-state index >= 15 is 0 Å². The molecule has 2 rings (SSSR count). The summed E-state index contributed by atoms with van der Waals surface area (Å²) in [6, 6.07) is 10.0. The molecule has 0 saturated heterocycles. The molecule has 0 aliphatic rings. The maximum Gasteiger partial charge on any atom is 0.328 e. The number of unbranched alkanes of at least 4 members (excludes halogenated alkanes) is 1. The first-order chi connectivity index (χ1) is 15.2. The van der Waals surface area contributed by atoms with Crippen LogP contribution in [0.4, 0.5) is 10.5 Å². The first-order valence-corrected chi connectivity index (χ1v) is 12.8. The molecule has 0 aliphatic heterocycles. The van der Waals surface area contributed by atoms with Crippen LogP contribution in [0.3, 0.4) is 0 Å². The molecule has 0 saturated carbocycles. The van der Waals surface area contributed by atoms with E-state index in [1.165, 1.54) is 48.5 Å². The molecule has 176 valence electrons. The normalized spacial score (nSPS) is 11.6. The van der Waals surface area contributed by atoms with Gasteiger partial charge in [0.05, 0.1) is 16.4 Å². The number of hydrogen-bond donors (Lipinski definition) is 3. The van der Waals surface area contributed by atoms with Crippen molar-refractivity contribution in [2.24, 2.45) is 0 Å². The Morgan fingerprint density at radius 3 is 2.06 bits per heavy atom. The van der Waals surface area contributed by atoms with E-state index in [9.17, 15) is 21.6 Å². The summed E-state index contributed by atoms with van der Waals surface area (Å²) in [5.74, 6) is 0.502. The van der Waals surface area contributed by atoms with Crippen molar-refractivity contribution in [3.63, 3.8) is 0 Å². The van der Waals surface area contributed by atoms with Gasteiger partial charge in [-0.05, 0) is 55.0 Å². The fraction of sp³-hybridized carbons (Fsp3) is 0.350. The van der Waals surface area contributed by atoms with Crippen LogP contribution in [0.25, 0.3) is 0 Å². The number of methoxy groups -OCH3 is 1. The molecular weight excluding hydrogens is 458 g/mol. The van der Waals surface area contributed by atoms with Crippen LogP contribution in [0.1, 0.15) is 19.8 Å². The lowest BCUT2D eigenvalue weighted by atomic mass is 10.3. The van der Waals surface area contributed by atoms with Gasteiger partial charge in [0.1, 0.15) is 12.4 Å². The quantitative estimate of drug-likeness (QED) is 0.392. The van der Waals surface area contributed by atoms with Gasteiger partial charge in [0.15, 0.2) is 0 Å². The molecule has 2 aromatic rings. The summed E-state index contributed by atoms with van der Waals surface area (Å²) in [6.45, 7) is 3.05. The second-order valence-electron chi connectivity index (χ2n) is 6.66. The highest BCUT2D eigenvalue weighted by Gasteiger charge is 2.19. The van der Waals surface area contributed by atoms with Gasteiger partial charge in [-0.25, -0.2) is 26.4 Å². The number of urea groups is 1. The van der Waals surface area contributed by atoms with Crippen LogP contribution in [-0.4, -0.2) is 49.7 Å². The third-order valence-electron chi connectivity index (χ3n) is 4.15. The Morgan fingerprint density at radius 1 is 0.875 bits per heavy atom. The fourth-order valence-corrected chi connectivity index (χ4v) is 4.46. The molecule has 12 heteroatoms. The molecule has 0 spiro atoms. The summed E-state index contributed by atoms with van der Waals surface area (Å²) in [5, 5.41) is 2.45. The Labute approximate surface area is 188 Å². The number of carbonyl (C=O) groups excluding carboxylic acids is 1. The van der Waals surface area contributed by atoms with Gasteiger partial charge < -0.3 is 14.8 Å². The van der Waals surface area contributed by atoms with Crippen molar-refractivity contribution in [3.05, 3.63) is 48.5 Å². The van der Waals surface area contributed by atoms with E-state index in [2.05, 4.69) is 10.0 Å². The Bertz CT molecular complexity index is 1090. The van der Waals surface area contributed by atoms with Crippen molar-refractivity contribution in [2.75, 3.05) is 31.6 Å².